The number of amides is 1. The summed E-state index contributed by atoms with van der Waals surface area (Å²) in [6.45, 7) is 1.54. The first-order chi connectivity index (χ1) is 19.8. The van der Waals surface area contributed by atoms with E-state index < -0.39 is 21.6 Å². The molecule has 9 nitrogen and oxygen atoms in total. The second kappa shape index (κ2) is 10.8. The minimum absolute atomic E-state index is 0.0211. The van der Waals surface area contributed by atoms with Crippen LogP contribution in [0, 0.1) is 5.92 Å². The number of fused-ring (bicyclic) bond motifs is 1. The molecule has 3 aromatic carbocycles. The maximum absolute atomic E-state index is 13.6. The number of carbonyl (C=O) groups excluding carboxylic acids is 2. The fourth-order valence-corrected chi connectivity index (χ4v) is 7.52. The molecule has 3 heterocycles. The molecule has 0 aliphatic carbocycles. The number of hydrogen-bond acceptors (Lipinski definition) is 7. The zero-order valence-corrected chi connectivity index (χ0v) is 23.5. The summed E-state index contributed by atoms with van der Waals surface area (Å²) in [5, 5.41) is 2.25. The van der Waals surface area contributed by atoms with Gasteiger partial charge in [-0.05, 0) is 66.6 Å². The fraction of sp³-hybridized carbons (Fsp3) is 0.323. The van der Waals surface area contributed by atoms with E-state index in [-0.39, 0.29) is 29.6 Å². The second-order valence-corrected chi connectivity index (χ2v) is 12.5. The highest BCUT2D eigenvalue weighted by molar-refractivity contribution is 7.89. The van der Waals surface area contributed by atoms with Crippen LogP contribution < -0.4 is 10.5 Å². The summed E-state index contributed by atoms with van der Waals surface area (Å²) in [5.41, 5.74) is 2.12. The van der Waals surface area contributed by atoms with Crippen LogP contribution in [0.25, 0.3) is 21.7 Å². The van der Waals surface area contributed by atoms with Crippen molar-refractivity contribution in [1.82, 2.24) is 4.31 Å². The molecule has 0 N–H and O–H groups in total. The predicted molar refractivity (Wildman–Crippen MR) is 155 cm³/mol. The molecule has 212 valence electrons. The van der Waals surface area contributed by atoms with Crippen molar-refractivity contribution in [3.63, 3.8) is 0 Å². The molecular weight excluding hydrogens is 544 g/mol. The first kappa shape index (κ1) is 27.3. The van der Waals surface area contributed by atoms with Crippen LogP contribution in [0.4, 0.5) is 5.69 Å². The first-order valence-electron chi connectivity index (χ1n) is 13.7. The van der Waals surface area contributed by atoms with E-state index in [1.54, 1.807) is 12.0 Å². The summed E-state index contributed by atoms with van der Waals surface area (Å²) in [4.78, 5) is 40.0. The van der Waals surface area contributed by atoms with Crippen LogP contribution in [0.3, 0.4) is 0 Å². The maximum atomic E-state index is 13.6. The Morgan fingerprint density at radius 3 is 2.76 bits per heavy atom. The highest BCUT2D eigenvalue weighted by Crippen LogP contribution is 2.39. The Balaban J connectivity index is 1.22. The van der Waals surface area contributed by atoms with Gasteiger partial charge in [0.2, 0.25) is 10.0 Å². The summed E-state index contributed by atoms with van der Waals surface area (Å²) >= 11 is 0. The Morgan fingerprint density at radius 1 is 1.07 bits per heavy atom. The van der Waals surface area contributed by atoms with E-state index in [4.69, 9.17) is 9.15 Å². The van der Waals surface area contributed by atoms with Crippen LogP contribution >= 0.6 is 0 Å². The number of hydrogen-bond donors (Lipinski definition) is 0. The molecule has 0 bridgehead atoms. The highest BCUT2D eigenvalue weighted by Gasteiger charge is 2.34. The maximum Gasteiger partial charge on any atom is 0.336 e. The van der Waals surface area contributed by atoms with Crippen LogP contribution in [0.5, 0.6) is 0 Å². The predicted octanol–water partition coefficient (Wildman–Crippen LogP) is 4.16. The molecule has 1 amide bonds. The molecule has 4 aromatic rings. The van der Waals surface area contributed by atoms with Crippen molar-refractivity contribution in [2.24, 2.45) is 5.92 Å². The third kappa shape index (κ3) is 4.96. The number of Topliss-reactive ketones (excluding diaryl/α,β-unsaturated/α-hetero) is 1. The largest absolute Gasteiger partial charge is 0.423 e. The summed E-state index contributed by atoms with van der Waals surface area (Å²) < 4.78 is 38.7. The van der Waals surface area contributed by atoms with Crippen LogP contribution in [-0.4, -0.2) is 57.8 Å². The van der Waals surface area contributed by atoms with E-state index in [2.05, 4.69) is 0 Å². The average Bonchev–Trinajstić information content (AvgIpc) is 3.26. The van der Waals surface area contributed by atoms with Gasteiger partial charge in [-0.2, -0.15) is 4.31 Å². The molecule has 1 unspecified atom stereocenters. The van der Waals surface area contributed by atoms with Crippen LogP contribution in [0.2, 0.25) is 0 Å². The van der Waals surface area contributed by atoms with E-state index in [1.807, 2.05) is 30.3 Å². The Labute approximate surface area is 237 Å². The van der Waals surface area contributed by atoms with Gasteiger partial charge in [0, 0.05) is 68.1 Å². The zero-order chi connectivity index (χ0) is 28.7. The molecule has 2 aliphatic heterocycles. The lowest BCUT2D eigenvalue weighted by molar-refractivity contribution is -0.123. The number of ether oxygens (including phenoxy) is 1. The number of ketones is 1. The van der Waals surface area contributed by atoms with Gasteiger partial charge in [0.1, 0.15) is 11.4 Å². The van der Waals surface area contributed by atoms with Gasteiger partial charge in [-0.15, -0.1) is 0 Å². The van der Waals surface area contributed by atoms with Crippen molar-refractivity contribution in [2.45, 2.75) is 30.6 Å². The minimum Gasteiger partial charge on any atom is -0.423 e. The van der Waals surface area contributed by atoms with Gasteiger partial charge in [-0.3, -0.25) is 9.59 Å². The number of piperidine rings is 1. The van der Waals surface area contributed by atoms with E-state index in [9.17, 15) is 22.8 Å². The lowest BCUT2D eigenvalue weighted by atomic mass is 9.89. The Hall–Kier alpha value is -3.86. The van der Waals surface area contributed by atoms with Gasteiger partial charge in [-0.1, -0.05) is 18.2 Å². The second-order valence-electron chi connectivity index (χ2n) is 10.6. The third-order valence-electron chi connectivity index (χ3n) is 8.04. The first-order valence-corrected chi connectivity index (χ1v) is 15.1. The number of sulfonamides is 1. The van der Waals surface area contributed by atoms with Gasteiger partial charge >= 0.3 is 5.63 Å². The number of methoxy groups -OCH3 is 1. The Bertz CT molecular complexity index is 1850. The molecule has 1 atom stereocenters. The quantitative estimate of drug-likeness (QED) is 0.218. The summed E-state index contributed by atoms with van der Waals surface area (Å²) in [6, 6.07) is 16.6. The summed E-state index contributed by atoms with van der Waals surface area (Å²) in [6.07, 6.45) is 2.06. The molecule has 6 rings (SSSR count). The van der Waals surface area contributed by atoms with Crippen molar-refractivity contribution in [3.8, 4) is 0 Å². The number of benzene rings is 3. The number of carbonyl (C=O) groups is 2. The normalized spacial score (nSPS) is 17.5. The van der Waals surface area contributed by atoms with Crippen molar-refractivity contribution in [2.75, 3.05) is 38.3 Å². The number of anilines is 1. The van der Waals surface area contributed by atoms with Crippen molar-refractivity contribution in [1.29, 1.82) is 0 Å². The minimum atomic E-state index is -3.85. The Morgan fingerprint density at radius 2 is 1.93 bits per heavy atom. The summed E-state index contributed by atoms with van der Waals surface area (Å²) in [7, 11) is -2.22. The lowest BCUT2D eigenvalue weighted by Gasteiger charge is -2.31. The van der Waals surface area contributed by atoms with Crippen molar-refractivity contribution < 1.29 is 27.2 Å². The molecule has 2 aliphatic rings. The van der Waals surface area contributed by atoms with Crippen LogP contribution in [0.1, 0.15) is 35.2 Å². The van der Waals surface area contributed by atoms with Crippen molar-refractivity contribution >= 4 is 49.1 Å². The molecule has 0 radical (unpaired) electrons. The van der Waals surface area contributed by atoms with Crippen LogP contribution in [-0.2, 0) is 26.0 Å². The number of rotatable bonds is 9. The van der Waals surface area contributed by atoms with Gasteiger partial charge < -0.3 is 14.1 Å². The standard InChI is InChI=1S/C31H30N2O7S/c1-39-16-4-15-33-26-11-8-20(24-6-2-7-25(30(24)26)31(33)36)18-27(34)22-5-3-14-32(19-22)41(37,38)23-10-12-28-21(17-23)9-13-29(35)40-28/h2,6-13,17,22H,3-5,14-16,18-19H2,1H3. The molecule has 41 heavy (non-hydrogen) atoms. The van der Waals surface area contributed by atoms with Gasteiger partial charge in [-0.25, -0.2) is 13.2 Å². The lowest BCUT2D eigenvalue weighted by Crippen LogP contribution is -2.42. The fourth-order valence-electron chi connectivity index (χ4n) is 5.96. The number of nitrogens with zero attached hydrogens (tertiary/aromatic N) is 2. The third-order valence-corrected chi connectivity index (χ3v) is 9.90. The van der Waals surface area contributed by atoms with E-state index in [1.165, 1.54) is 34.6 Å². The molecule has 1 saturated heterocycles. The SMILES string of the molecule is COCCCN1C(=O)c2cccc3c(CC(=O)C4CCCN(S(=O)(=O)c5ccc6oc(=O)ccc6c5)C4)ccc1c23. The molecule has 0 saturated carbocycles. The van der Waals surface area contributed by atoms with E-state index >= 15 is 0 Å². The molecule has 10 heteroatoms. The van der Waals surface area contributed by atoms with Gasteiger partial charge in [0.15, 0.2) is 0 Å². The Kier molecular flexibility index (Phi) is 7.23. The topological polar surface area (TPSA) is 114 Å². The molecule has 0 spiro atoms. The van der Waals surface area contributed by atoms with Gasteiger partial charge in [0.05, 0.1) is 10.6 Å². The van der Waals surface area contributed by atoms with Crippen molar-refractivity contribution in [3.05, 3.63) is 82.2 Å². The average molecular weight is 575 g/mol. The smallest absolute Gasteiger partial charge is 0.336 e. The molecule has 1 fully saturated rings. The zero-order valence-electron chi connectivity index (χ0n) is 22.7. The molecule has 1 aromatic heterocycles. The summed E-state index contributed by atoms with van der Waals surface area (Å²) in [5.74, 6) is -0.506. The van der Waals surface area contributed by atoms with E-state index in [0.717, 1.165) is 22.0 Å². The monoisotopic (exact) mass is 574 g/mol. The molecular formula is C31H30N2O7S. The highest BCUT2D eigenvalue weighted by atomic mass is 32.2. The van der Waals surface area contributed by atoms with Crippen LogP contribution in [0.15, 0.2) is 74.8 Å². The van der Waals surface area contributed by atoms with E-state index in [0.29, 0.717) is 55.5 Å². The van der Waals surface area contributed by atoms with Gasteiger partial charge in [0.25, 0.3) is 5.91 Å².